The highest BCUT2D eigenvalue weighted by atomic mass is 16.1. The summed E-state index contributed by atoms with van der Waals surface area (Å²) in [6.07, 6.45) is 2.51. The Hall–Kier alpha value is -2.04. The van der Waals surface area contributed by atoms with E-state index in [1.165, 1.54) is 12.8 Å². The molecule has 1 saturated heterocycles. The molecule has 0 aliphatic carbocycles. The van der Waals surface area contributed by atoms with E-state index in [9.17, 15) is 4.79 Å². The molecule has 1 aromatic carbocycles. The van der Waals surface area contributed by atoms with Crippen molar-refractivity contribution in [1.29, 1.82) is 0 Å². The van der Waals surface area contributed by atoms with Crippen LogP contribution in [0.15, 0.2) is 29.3 Å². The summed E-state index contributed by atoms with van der Waals surface area (Å²) < 4.78 is 0. The molecule has 1 aromatic rings. The van der Waals surface area contributed by atoms with Gasteiger partial charge >= 0.3 is 0 Å². The van der Waals surface area contributed by atoms with E-state index in [1.54, 1.807) is 12.1 Å². The van der Waals surface area contributed by atoms with Crippen LogP contribution in [0.4, 0.5) is 0 Å². The second-order valence-electron chi connectivity index (χ2n) is 5.66. The van der Waals surface area contributed by atoms with Crippen molar-refractivity contribution in [1.82, 2.24) is 10.2 Å². The first-order chi connectivity index (χ1) is 10.1. The predicted octanol–water partition coefficient (Wildman–Crippen LogP) is 1.59. The van der Waals surface area contributed by atoms with Crippen LogP contribution in [0, 0.1) is 5.92 Å². The number of piperidine rings is 1. The Bertz CT molecular complexity index is 510. The van der Waals surface area contributed by atoms with Crippen molar-refractivity contribution in [3.63, 3.8) is 0 Å². The van der Waals surface area contributed by atoms with Crippen LogP contribution in [0.25, 0.3) is 0 Å². The molecule has 1 fully saturated rings. The highest BCUT2D eigenvalue weighted by Gasteiger charge is 2.18. The highest BCUT2D eigenvalue weighted by molar-refractivity contribution is 5.92. The average molecular weight is 288 g/mol. The monoisotopic (exact) mass is 288 g/mol. The molecule has 0 aromatic heterocycles. The van der Waals surface area contributed by atoms with E-state index in [1.807, 2.05) is 19.2 Å². The third kappa shape index (κ3) is 4.21. The van der Waals surface area contributed by atoms with Crippen LogP contribution in [-0.2, 0) is 6.54 Å². The molecular weight excluding hydrogens is 264 g/mol. The van der Waals surface area contributed by atoms with Gasteiger partial charge in [-0.15, -0.1) is 0 Å². The van der Waals surface area contributed by atoms with Crippen molar-refractivity contribution in [2.75, 3.05) is 20.1 Å². The van der Waals surface area contributed by atoms with Gasteiger partial charge in [0.25, 0.3) is 0 Å². The third-order valence-corrected chi connectivity index (χ3v) is 3.86. The fraction of sp³-hybridized carbons (Fsp3) is 0.500. The molecular formula is C16H24N4O. The van der Waals surface area contributed by atoms with Gasteiger partial charge in [0.15, 0.2) is 5.96 Å². The van der Waals surface area contributed by atoms with Crippen molar-refractivity contribution >= 4 is 11.9 Å². The van der Waals surface area contributed by atoms with Gasteiger partial charge in [-0.2, -0.15) is 0 Å². The normalized spacial score (nSPS) is 19.4. The topological polar surface area (TPSA) is 70.7 Å². The molecule has 1 amide bonds. The molecule has 1 atom stereocenters. The predicted molar refractivity (Wildman–Crippen MR) is 85.1 cm³/mol. The first kappa shape index (κ1) is 15.4. The van der Waals surface area contributed by atoms with Crippen molar-refractivity contribution in [2.24, 2.45) is 16.6 Å². The lowest BCUT2D eigenvalue weighted by Crippen LogP contribution is -2.45. The summed E-state index contributed by atoms with van der Waals surface area (Å²) in [6.45, 7) is 5.09. The molecule has 1 aliphatic heterocycles. The van der Waals surface area contributed by atoms with Crippen LogP contribution in [0.2, 0.25) is 0 Å². The zero-order valence-electron chi connectivity index (χ0n) is 12.8. The van der Waals surface area contributed by atoms with E-state index in [0.29, 0.717) is 18.0 Å². The number of aliphatic imine (C=N–C) groups is 1. The number of carbonyl (C=O) groups is 1. The fourth-order valence-corrected chi connectivity index (χ4v) is 2.68. The molecule has 0 spiro atoms. The lowest BCUT2D eigenvalue weighted by molar-refractivity contribution is 0.100. The van der Waals surface area contributed by atoms with Crippen LogP contribution in [-0.4, -0.2) is 36.9 Å². The molecule has 5 heteroatoms. The van der Waals surface area contributed by atoms with Gasteiger partial charge in [0.05, 0.1) is 0 Å². The summed E-state index contributed by atoms with van der Waals surface area (Å²) in [7, 11) is 1.82. The van der Waals surface area contributed by atoms with Crippen molar-refractivity contribution in [3.8, 4) is 0 Å². The van der Waals surface area contributed by atoms with E-state index in [2.05, 4.69) is 22.1 Å². The standard InChI is InChI=1S/C16H24N4O/c1-12-4-3-9-20(11-12)16(18-2)19-10-13-5-7-14(8-6-13)15(17)21/h5-8,12H,3-4,9-11H2,1-2H3,(H2,17,21)(H,18,19). The smallest absolute Gasteiger partial charge is 0.248 e. The maximum atomic E-state index is 11.0. The van der Waals surface area contributed by atoms with Gasteiger partial charge in [-0.25, -0.2) is 0 Å². The molecule has 0 radical (unpaired) electrons. The first-order valence-electron chi connectivity index (χ1n) is 7.44. The van der Waals surface area contributed by atoms with Crippen LogP contribution < -0.4 is 11.1 Å². The summed E-state index contributed by atoms with van der Waals surface area (Å²) in [5.41, 5.74) is 6.88. The Morgan fingerprint density at radius 3 is 2.71 bits per heavy atom. The summed E-state index contributed by atoms with van der Waals surface area (Å²) in [6, 6.07) is 7.34. The van der Waals surface area contributed by atoms with E-state index < -0.39 is 5.91 Å². The number of hydrogen-bond acceptors (Lipinski definition) is 2. The average Bonchev–Trinajstić information content (AvgIpc) is 2.48. The molecule has 0 bridgehead atoms. The SMILES string of the molecule is CN=C(NCc1ccc(C(N)=O)cc1)N1CCCC(C)C1. The van der Waals surface area contributed by atoms with Gasteiger partial charge in [-0.1, -0.05) is 19.1 Å². The minimum atomic E-state index is -0.396. The summed E-state index contributed by atoms with van der Waals surface area (Å²) in [5.74, 6) is 1.26. The molecule has 21 heavy (non-hydrogen) atoms. The fourth-order valence-electron chi connectivity index (χ4n) is 2.68. The van der Waals surface area contributed by atoms with Gasteiger partial charge in [-0.05, 0) is 36.5 Å². The number of rotatable bonds is 3. The largest absolute Gasteiger partial charge is 0.366 e. The first-order valence-corrected chi connectivity index (χ1v) is 7.44. The number of carbonyl (C=O) groups excluding carboxylic acids is 1. The lowest BCUT2D eigenvalue weighted by Gasteiger charge is -2.33. The summed E-state index contributed by atoms with van der Waals surface area (Å²) in [5, 5.41) is 3.38. The molecule has 2 rings (SSSR count). The molecule has 1 heterocycles. The van der Waals surface area contributed by atoms with E-state index >= 15 is 0 Å². The number of guanidine groups is 1. The number of likely N-dealkylation sites (tertiary alicyclic amines) is 1. The van der Waals surface area contributed by atoms with E-state index in [-0.39, 0.29) is 0 Å². The lowest BCUT2D eigenvalue weighted by atomic mass is 10.0. The molecule has 0 saturated carbocycles. The number of benzene rings is 1. The van der Waals surface area contributed by atoms with Crippen LogP contribution in [0.3, 0.4) is 0 Å². The Morgan fingerprint density at radius 1 is 1.43 bits per heavy atom. The van der Waals surface area contributed by atoms with Gasteiger partial charge in [-0.3, -0.25) is 9.79 Å². The van der Waals surface area contributed by atoms with Crippen molar-refractivity contribution < 1.29 is 4.79 Å². The van der Waals surface area contributed by atoms with Gasteiger partial charge in [0, 0.05) is 32.2 Å². The van der Waals surface area contributed by atoms with Crippen molar-refractivity contribution in [3.05, 3.63) is 35.4 Å². The second-order valence-corrected chi connectivity index (χ2v) is 5.66. The molecule has 1 unspecified atom stereocenters. The van der Waals surface area contributed by atoms with Crippen LogP contribution >= 0.6 is 0 Å². The number of nitrogens with two attached hydrogens (primary N) is 1. The molecule has 5 nitrogen and oxygen atoms in total. The van der Waals surface area contributed by atoms with Gasteiger partial charge in [0.1, 0.15) is 0 Å². The molecule has 1 aliphatic rings. The number of nitrogens with one attached hydrogen (secondary N) is 1. The van der Waals surface area contributed by atoms with E-state index in [0.717, 1.165) is 24.6 Å². The minimum Gasteiger partial charge on any atom is -0.366 e. The Balaban J connectivity index is 1.92. The maximum absolute atomic E-state index is 11.0. The van der Waals surface area contributed by atoms with Crippen molar-refractivity contribution in [2.45, 2.75) is 26.3 Å². The number of amides is 1. The third-order valence-electron chi connectivity index (χ3n) is 3.86. The van der Waals surface area contributed by atoms with Gasteiger partial charge in [0.2, 0.25) is 5.91 Å². The Kier molecular flexibility index (Phi) is 5.20. The second kappa shape index (κ2) is 7.11. The number of hydrogen-bond donors (Lipinski definition) is 2. The number of nitrogens with zero attached hydrogens (tertiary/aromatic N) is 2. The zero-order valence-corrected chi connectivity index (χ0v) is 12.8. The highest BCUT2D eigenvalue weighted by Crippen LogP contribution is 2.15. The Labute approximate surface area is 126 Å². The summed E-state index contributed by atoms with van der Waals surface area (Å²) in [4.78, 5) is 17.7. The quantitative estimate of drug-likeness (QED) is 0.655. The molecule has 114 valence electrons. The maximum Gasteiger partial charge on any atom is 0.248 e. The minimum absolute atomic E-state index is 0.396. The number of primary amides is 1. The van der Waals surface area contributed by atoms with E-state index in [4.69, 9.17) is 5.73 Å². The molecule has 3 N–H and O–H groups in total. The Morgan fingerprint density at radius 2 is 2.14 bits per heavy atom. The van der Waals surface area contributed by atoms with Gasteiger partial charge < -0.3 is 16.0 Å². The van der Waals surface area contributed by atoms with Crippen LogP contribution in [0.5, 0.6) is 0 Å². The van der Waals surface area contributed by atoms with Crippen LogP contribution in [0.1, 0.15) is 35.7 Å². The summed E-state index contributed by atoms with van der Waals surface area (Å²) >= 11 is 0. The zero-order chi connectivity index (χ0) is 15.2.